The predicted molar refractivity (Wildman–Crippen MR) is 148 cm³/mol. The van der Waals surface area contributed by atoms with Crippen molar-refractivity contribution in [2.45, 2.75) is 43.9 Å². The summed E-state index contributed by atoms with van der Waals surface area (Å²) in [5.74, 6) is -0.106. The van der Waals surface area contributed by atoms with Gasteiger partial charge in [0, 0.05) is 50.9 Å². The number of anilines is 1. The lowest BCUT2D eigenvalue weighted by Gasteiger charge is -2.40. The Balaban J connectivity index is 1.30. The molecule has 2 saturated heterocycles. The maximum atomic E-state index is 14.0. The number of halogens is 5. The summed E-state index contributed by atoms with van der Waals surface area (Å²) in [6.45, 7) is 1.87. The number of nitrogens with zero attached hydrogens (tertiary/aromatic N) is 4. The third-order valence-electron chi connectivity index (χ3n) is 7.94. The number of hydrogen-bond donors (Lipinski definition) is 1. The molecule has 2 amide bonds. The number of aromatic nitrogens is 1. The molecular weight excluding hydrogens is 568 g/mol. The van der Waals surface area contributed by atoms with Gasteiger partial charge in [-0.15, -0.1) is 0 Å². The van der Waals surface area contributed by atoms with Gasteiger partial charge < -0.3 is 19.8 Å². The van der Waals surface area contributed by atoms with Crippen LogP contribution in [-0.2, 0) is 10.4 Å². The summed E-state index contributed by atoms with van der Waals surface area (Å²) >= 11 is 12.1. The van der Waals surface area contributed by atoms with E-state index in [1.165, 1.54) is 17.0 Å². The standard InChI is InChI=1S/C28H33Cl2F3N4O3/c1-35(2)25(38)22-6-7-23(34-24(22)30)36-12-8-18(9-13-36)16-19-10-14-37(15-11-19)26(39)27(40,28(31,32)33)20-4-3-5-21(29)17-20/h3-7,17-19,40H,8-16H2,1-2H3. The number of carbonyl (C=O) groups excluding carboxylic acids is 2. The van der Waals surface area contributed by atoms with E-state index in [0.29, 0.717) is 24.3 Å². The number of pyridine rings is 1. The predicted octanol–water partition coefficient (Wildman–Crippen LogP) is 5.39. The van der Waals surface area contributed by atoms with Crippen molar-refractivity contribution in [2.24, 2.45) is 11.8 Å². The highest BCUT2D eigenvalue weighted by atomic mass is 35.5. The third-order valence-corrected chi connectivity index (χ3v) is 8.46. The van der Waals surface area contributed by atoms with Crippen LogP contribution in [-0.4, -0.2) is 78.2 Å². The fourth-order valence-corrected chi connectivity index (χ4v) is 6.01. The number of hydrogen-bond acceptors (Lipinski definition) is 5. The number of aliphatic hydroxyl groups is 1. The average molecular weight is 601 g/mol. The molecule has 2 fully saturated rings. The van der Waals surface area contributed by atoms with Gasteiger partial charge in [-0.3, -0.25) is 9.59 Å². The van der Waals surface area contributed by atoms with E-state index < -0.39 is 23.2 Å². The topological polar surface area (TPSA) is 77.0 Å². The molecule has 2 aliphatic heterocycles. The molecule has 218 valence electrons. The summed E-state index contributed by atoms with van der Waals surface area (Å²) in [5.41, 5.74) is -3.87. The van der Waals surface area contributed by atoms with E-state index >= 15 is 0 Å². The van der Waals surface area contributed by atoms with Gasteiger partial charge in [0.2, 0.25) is 0 Å². The molecule has 3 heterocycles. The van der Waals surface area contributed by atoms with Crippen molar-refractivity contribution in [1.29, 1.82) is 0 Å². The number of likely N-dealkylation sites (tertiary alicyclic amines) is 1. The van der Waals surface area contributed by atoms with Gasteiger partial charge in [-0.05, 0) is 68.2 Å². The normalized spacial score (nSPS) is 18.9. The van der Waals surface area contributed by atoms with Gasteiger partial charge in [0.15, 0.2) is 0 Å². The average Bonchev–Trinajstić information content (AvgIpc) is 2.92. The Bertz CT molecular complexity index is 1230. The monoisotopic (exact) mass is 600 g/mol. The Labute approximate surface area is 241 Å². The highest BCUT2D eigenvalue weighted by Gasteiger charge is 2.62. The van der Waals surface area contributed by atoms with Crippen LogP contribution in [0.5, 0.6) is 0 Å². The van der Waals surface area contributed by atoms with Crippen LogP contribution in [0.4, 0.5) is 19.0 Å². The summed E-state index contributed by atoms with van der Waals surface area (Å²) in [6, 6.07) is 8.22. The first kappa shape index (κ1) is 30.4. The van der Waals surface area contributed by atoms with E-state index in [9.17, 15) is 27.9 Å². The van der Waals surface area contributed by atoms with Crippen molar-refractivity contribution in [3.05, 3.63) is 57.7 Å². The molecule has 4 rings (SSSR count). The summed E-state index contributed by atoms with van der Waals surface area (Å²) in [5, 5.41) is 10.9. The van der Waals surface area contributed by atoms with Crippen molar-refractivity contribution in [3.63, 3.8) is 0 Å². The second kappa shape index (κ2) is 12.1. The summed E-state index contributed by atoms with van der Waals surface area (Å²) in [4.78, 5) is 34.4. The molecule has 0 aliphatic carbocycles. The first-order valence-corrected chi connectivity index (χ1v) is 14.0. The van der Waals surface area contributed by atoms with Gasteiger partial charge in [0.25, 0.3) is 17.4 Å². The molecule has 12 heteroatoms. The smallest absolute Gasteiger partial charge is 0.368 e. The lowest BCUT2D eigenvalue weighted by molar-refractivity contribution is -0.262. The fraction of sp³-hybridized carbons (Fsp3) is 0.536. The lowest BCUT2D eigenvalue weighted by Crippen LogP contribution is -2.57. The molecule has 0 spiro atoms. The van der Waals surface area contributed by atoms with Crippen LogP contribution in [0, 0.1) is 11.8 Å². The number of rotatable bonds is 6. The van der Waals surface area contributed by atoms with Crippen molar-refractivity contribution >= 4 is 40.8 Å². The van der Waals surface area contributed by atoms with E-state index in [0.717, 1.165) is 55.2 Å². The fourth-order valence-electron chi connectivity index (χ4n) is 5.59. The minimum Gasteiger partial charge on any atom is -0.368 e. The SMILES string of the molecule is CN(C)C(=O)c1ccc(N2CCC(CC3CCN(C(=O)C(O)(c4cccc(Cl)c4)C(F)(F)F)CC3)CC2)nc1Cl. The molecule has 40 heavy (non-hydrogen) atoms. The number of carbonyl (C=O) groups is 2. The van der Waals surface area contributed by atoms with Crippen LogP contribution < -0.4 is 4.90 Å². The van der Waals surface area contributed by atoms with Gasteiger partial charge in [0.05, 0.1) is 5.56 Å². The molecule has 2 aromatic rings. The summed E-state index contributed by atoms with van der Waals surface area (Å²) < 4.78 is 42.0. The minimum absolute atomic E-state index is 0.00746. The maximum Gasteiger partial charge on any atom is 0.430 e. The van der Waals surface area contributed by atoms with E-state index in [-0.39, 0.29) is 35.1 Å². The Morgan fingerprint density at radius 1 is 1.00 bits per heavy atom. The van der Waals surface area contributed by atoms with Crippen LogP contribution in [0.3, 0.4) is 0 Å². The van der Waals surface area contributed by atoms with E-state index in [4.69, 9.17) is 23.2 Å². The minimum atomic E-state index is -5.19. The van der Waals surface area contributed by atoms with Crippen molar-refractivity contribution < 1.29 is 27.9 Å². The highest BCUT2D eigenvalue weighted by molar-refractivity contribution is 6.32. The van der Waals surface area contributed by atoms with Gasteiger partial charge in [-0.25, -0.2) is 4.98 Å². The molecule has 1 aromatic heterocycles. The molecule has 1 aromatic carbocycles. The van der Waals surface area contributed by atoms with E-state index in [1.54, 1.807) is 26.2 Å². The zero-order valence-electron chi connectivity index (χ0n) is 22.4. The first-order chi connectivity index (χ1) is 18.8. The summed E-state index contributed by atoms with van der Waals surface area (Å²) in [7, 11) is 3.31. The van der Waals surface area contributed by atoms with Gasteiger partial charge in [-0.2, -0.15) is 13.2 Å². The van der Waals surface area contributed by atoms with Crippen LogP contribution in [0.15, 0.2) is 36.4 Å². The quantitative estimate of drug-likeness (QED) is 0.450. The molecule has 0 radical (unpaired) electrons. The molecule has 0 saturated carbocycles. The van der Waals surface area contributed by atoms with Gasteiger partial charge in [0.1, 0.15) is 11.0 Å². The van der Waals surface area contributed by atoms with Crippen LogP contribution in [0.25, 0.3) is 0 Å². The van der Waals surface area contributed by atoms with Crippen LogP contribution >= 0.6 is 23.2 Å². The van der Waals surface area contributed by atoms with Crippen molar-refractivity contribution in [2.75, 3.05) is 45.2 Å². The largest absolute Gasteiger partial charge is 0.430 e. The molecule has 0 bridgehead atoms. The Hall–Kier alpha value is -2.56. The zero-order valence-corrected chi connectivity index (χ0v) is 23.9. The molecule has 1 N–H and O–H groups in total. The number of piperidine rings is 2. The first-order valence-electron chi connectivity index (χ1n) is 13.3. The second-order valence-corrected chi connectivity index (χ2v) is 11.6. The van der Waals surface area contributed by atoms with Crippen LogP contribution in [0.1, 0.15) is 48.0 Å². The Morgan fingerprint density at radius 2 is 1.60 bits per heavy atom. The lowest BCUT2D eigenvalue weighted by atomic mass is 9.82. The van der Waals surface area contributed by atoms with Gasteiger partial charge >= 0.3 is 6.18 Å². The molecule has 1 atom stereocenters. The maximum absolute atomic E-state index is 14.0. The third kappa shape index (κ3) is 6.34. The number of benzene rings is 1. The molecule has 2 aliphatic rings. The Kier molecular flexibility index (Phi) is 9.21. The van der Waals surface area contributed by atoms with Gasteiger partial charge in [-0.1, -0.05) is 35.3 Å². The second-order valence-electron chi connectivity index (χ2n) is 10.8. The molecular formula is C28H33Cl2F3N4O3. The summed E-state index contributed by atoms with van der Waals surface area (Å²) in [6.07, 6.45) is -1.25. The number of amides is 2. The zero-order chi connectivity index (χ0) is 29.2. The number of alkyl halides is 3. The van der Waals surface area contributed by atoms with Crippen LogP contribution in [0.2, 0.25) is 10.2 Å². The Morgan fingerprint density at radius 3 is 2.12 bits per heavy atom. The van der Waals surface area contributed by atoms with E-state index in [2.05, 4.69) is 9.88 Å². The van der Waals surface area contributed by atoms with Crippen molar-refractivity contribution in [1.82, 2.24) is 14.8 Å². The molecule has 7 nitrogen and oxygen atoms in total. The highest BCUT2D eigenvalue weighted by Crippen LogP contribution is 2.42. The van der Waals surface area contributed by atoms with E-state index in [1.807, 2.05) is 0 Å². The van der Waals surface area contributed by atoms with Crippen molar-refractivity contribution in [3.8, 4) is 0 Å². The molecule has 1 unspecified atom stereocenters.